The fourth-order valence-electron chi connectivity index (χ4n) is 2.53. The van der Waals surface area contributed by atoms with Gasteiger partial charge in [0.1, 0.15) is 5.25 Å². The van der Waals surface area contributed by atoms with Crippen molar-refractivity contribution in [2.24, 2.45) is 4.99 Å². The largest absolute Gasteiger partial charge is 0.459 e. The second-order valence-corrected chi connectivity index (χ2v) is 7.47. The molecule has 1 N–H and O–H groups in total. The molecule has 1 unspecified atom stereocenters. The van der Waals surface area contributed by atoms with Gasteiger partial charge in [0.05, 0.1) is 11.7 Å². The maximum atomic E-state index is 12.3. The van der Waals surface area contributed by atoms with E-state index in [0.29, 0.717) is 16.4 Å². The molecule has 1 aliphatic heterocycles. The standard InChI is InChI=1S/C19H25N3O4S/c1-5-22(6-2)19-21-17(24)15(27-19)11-16(23)20-14-9-7-8-13(10-14)18(25)26-12(3)4/h7-10,12,15H,5-6,11H2,1-4H3,(H,20,23). The first-order chi connectivity index (χ1) is 12.8. The molecule has 27 heavy (non-hydrogen) atoms. The quantitative estimate of drug-likeness (QED) is 0.719. The average molecular weight is 391 g/mol. The van der Waals surface area contributed by atoms with Crippen LogP contribution in [0.15, 0.2) is 29.3 Å². The minimum Gasteiger partial charge on any atom is -0.459 e. The molecule has 0 saturated heterocycles. The van der Waals surface area contributed by atoms with Gasteiger partial charge >= 0.3 is 5.97 Å². The number of aliphatic imine (C=N–C) groups is 1. The molecule has 1 aromatic carbocycles. The summed E-state index contributed by atoms with van der Waals surface area (Å²) in [5, 5.41) is 2.88. The van der Waals surface area contributed by atoms with Gasteiger partial charge in [-0.25, -0.2) is 4.79 Å². The Hall–Kier alpha value is -2.35. The summed E-state index contributed by atoms with van der Waals surface area (Å²) in [6.45, 7) is 9.05. The van der Waals surface area contributed by atoms with Crippen LogP contribution < -0.4 is 5.32 Å². The lowest BCUT2D eigenvalue weighted by atomic mass is 10.2. The molecule has 1 aliphatic rings. The molecule has 146 valence electrons. The highest BCUT2D eigenvalue weighted by molar-refractivity contribution is 8.15. The lowest BCUT2D eigenvalue weighted by Gasteiger charge is -2.19. The summed E-state index contributed by atoms with van der Waals surface area (Å²) in [6.07, 6.45) is -0.195. The molecule has 1 aromatic rings. The fraction of sp³-hybridized carbons (Fsp3) is 0.474. The fourth-order valence-corrected chi connectivity index (χ4v) is 3.72. The van der Waals surface area contributed by atoms with Gasteiger partial charge in [-0.2, -0.15) is 4.99 Å². The molecular weight excluding hydrogens is 366 g/mol. The first kappa shape index (κ1) is 21.0. The molecule has 2 amide bonds. The first-order valence-electron chi connectivity index (χ1n) is 8.99. The molecule has 0 bridgehead atoms. The number of hydrogen-bond acceptors (Lipinski definition) is 6. The number of rotatable bonds is 7. The van der Waals surface area contributed by atoms with Gasteiger partial charge in [-0.05, 0) is 45.9 Å². The van der Waals surface area contributed by atoms with Gasteiger partial charge < -0.3 is 15.0 Å². The maximum Gasteiger partial charge on any atom is 0.338 e. The van der Waals surface area contributed by atoms with Crippen molar-refractivity contribution >= 4 is 40.4 Å². The number of ether oxygens (including phenoxy) is 1. The van der Waals surface area contributed by atoms with Crippen molar-refractivity contribution < 1.29 is 19.1 Å². The molecule has 1 heterocycles. The number of carbonyl (C=O) groups is 3. The van der Waals surface area contributed by atoms with Crippen LogP contribution in [0.3, 0.4) is 0 Å². The van der Waals surface area contributed by atoms with Crippen molar-refractivity contribution in [3.8, 4) is 0 Å². The summed E-state index contributed by atoms with van der Waals surface area (Å²) in [5.74, 6) is -1.03. The molecule has 8 heteroatoms. The smallest absolute Gasteiger partial charge is 0.338 e. The highest BCUT2D eigenvalue weighted by Crippen LogP contribution is 2.27. The van der Waals surface area contributed by atoms with Crippen molar-refractivity contribution in [1.82, 2.24) is 4.90 Å². The maximum absolute atomic E-state index is 12.3. The SMILES string of the molecule is CCN(CC)C1=NC(=O)C(CC(=O)Nc2cccc(C(=O)OC(C)C)c2)S1. The highest BCUT2D eigenvalue weighted by atomic mass is 32.2. The Kier molecular flexibility index (Phi) is 7.41. The Morgan fingerprint density at radius 1 is 1.30 bits per heavy atom. The van der Waals surface area contributed by atoms with Crippen LogP contribution in [0.5, 0.6) is 0 Å². The van der Waals surface area contributed by atoms with E-state index in [1.807, 2.05) is 18.7 Å². The van der Waals surface area contributed by atoms with Gasteiger partial charge in [-0.3, -0.25) is 9.59 Å². The van der Waals surface area contributed by atoms with Crippen LogP contribution in [0.4, 0.5) is 5.69 Å². The molecule has 1 atom stereocenters. The van der Waals surface area contributed by atoms with Gasteiger partial charge in [0.15, 0.2) is 5.17 Å². The molecular formula is C19H25N3O4S. The van der Waals surface area contributed by atoms with E-state index in [1.165, 1.54) is 11.8 Å². The van der Waals surface area contributed by atoms with Gasteiger partial charge in [-0.15, -0.1) is 0 Å². The van der Waals surface area contributed by atoms with Crippen LogP contribution in [0.1, 0.15) is 44.5 Å². The molecule has 0 spiro atoms. The molecule has 2 rings (SSSR count). The average Bonchev–Trinajstić information content (AvgIpc) is 2.96. The van der Waals surface area contributed by atoms with Gasteiger partial charge in [0, 0.05) is 25.2 Å². The van der Waals surface area contributed by atoms with Gasteiger partial charge in [0.2, 0.25) is 5.91 Å². The van der Waals surface area contributed by atoms with Crippen LogP contribution in [0, 0.1) is 0 Å². The minimum atomic E-state index is -0.519. The van der Waals surface area contributed by atoms with E-state index in [4.69, 9.17) is 4.74 Å². The van der Waals surface area contributed by atoms with Crippen molar-refractivity contribution in [2.45, 2.75) is 45.5 Å². The van der Waals surface area contributed by atoms with Crippen LogP contribution in [0.25, 0.3) is 0 Å². The number of hydrogen-bond donors (Lipinski definition) is 1. The zero-order valence-corrected chi connectivity index (χ0v) is 16.8. The predicted octanol–water partition coefficient (Wildman–Crippen LogP) is 2.92. The second kappa shape index (κ2) is 9.55. The Balaban J connectivity index is 1.95. The van der Waals surface area contributed by atoms with E-state index < -0.39 is 11.2 Å². The van der Waals surface area contributed by atoms with Crippen molar-refractivity contribution in [2.75, 3.05) is 18.4 Å². The highest BCUT2D eigenvalue weighted by Gasteiger charge is 2.32. The zero-order valence-electron chi connectivity index (χ0n) is 16.0. The Labute approximate surface area is 163 Å². The number of thioether (sulfide) groups is 1. The van der Waals surface area contributed by atoms with Crippen LogP contribution in [0.2, 0.25) is 0 Å². The summed E-state index contributed by atoms with van der Waals surface area (Å²) >= 11 is 1.32. The first-order valence-corrected chi connectivity index (χ1v) is 9.87. The topological polar surface area (TPSA) is 88.1 Å². The Morgan fingerprint density at radius 3 is 2.63 bits per heavy atom. The van der Waals surface area contributed by atoms with Crippen molar-refractivity contribution in [3.63, 3.8) is 0 Å². The third-order valence-corrected chi connectivity index (χ3v) is 5.07. The van der Waals surface area contributed by atoms with E-state index in [1.54, 1.807) is 38.1 Å². The van der Waals surface area contributed by atoms with E-state index >= 15 is 0 Å². The number of nitrogens with zero attached hydrogens (tertiary/aromatic N) is 2. The number of esters is 1. The lowest BCUT2D eigenvalue weighted by Crippen LogP contribution is -2.27. The van der Waals surface area contributed by atoms with E-state index in [-0.39, 0.29) is 24.3 Å². The summed E-state index contributed by atoms with van der Waals surface area (Å²) in [6, 6.07) is 6.54. The van der Waals surface area contributed by atoms with Gasteiger partial charge in [0.25, 0.3) is 5.91 Å². The number of carbonyl (C=O) groups excluding carboxylic acids is 3. The molecule has 0 saturated carbocycles. The predicted molar refractivity (Wildman–Crippen MR) is 107 cm³/mol. The summed E-state index contributed by atoms with van der Waals surface area (Å²) in [4.78, 5) is 42.4. The summed E-state index contributed by atoms with van der Waals surface area (Å²) in [5.41, 5.74) is 0.846. The van der Waals surface area contributed by atoms with Crippen molar-refractivity contribution in [1.29, 1.82) is 0 Å². The minimum absolute atomic E-state index is 0.0262. The number of amides is 2. The van der Waals surface area contributed by atoms with Crippen LogP contribution in [-0.2, 0) is 14.3 Å². The monoisotopic (exact) mass is 391 g/mol. The summed E-state index contributed by atoms with van der Waals surface area (Å²) < 4.78 is 5.15. The Morgan fingerprint density at radius 2 is 2.00 bits per heavy atom. The molecule has 0 aromatic heterocycles. The third kappa shape index (κ3) is 5.82. The molecule has 0 radical (unpaired) electrons. The normalized spacial score (nSPS) is 16.3. The van der Waals surface area contributed by atoms with Crippen LogP contribution >= 0.6 is 11.8 Å². The number of amidine groups is 1. The summed E-state index contributed by atoms with van der Waals surface area (Å²) in [7, 11) is 0. The number of anilines is 1. The molecule has 0 aliphatic carbocycles. The van der Waals surface area contributed by atoms with Crippen LogP contribution in [-0.4, -0.2) is 52.3 Å². The molecule has 0 fully saturated rings. The third-order valence-electron chi connectivity index (χ3n) is 3.86. The number of benzene rings is 1. The van der Waals surface area contributed by atoms with E-state index in [9.17, 15) is 14.4 Å². The molecule has 7 nitrogen and oxygen atoms in total. The second-order valence-electron chi connectivity index (χ2n) is 6.30. The van der Waals surface area contributed by atoms with Crippen molar-refractivity contribution in [3.05, 3.63) is 29.8 Å². The van der Waals surface area contributed by atoms with E-state index in [2.05, 4.69) is 10.3 Å². The van der Waals surface area contributed by atoms with Gasteiger partial charge in [-0.1, -0.05) is 17.8 Å². The van der Waals surface area contributed by atoms with E-state index in [0.717, 1.165) is 13.1 Å². The lowest BCUT2D eigenvalue weighted by molar-refractivity contribution is -0.121. The number of nitrogens with one attached hydrogen (secondary N) is 1. The Bertz CT molecular complexity index is 744. The zero-order chi connectivity index (χ0) is 20.0.